The number of benzene rings is 2. The lowest BCUT2D eigenvalue weighted by atomic mass is 10.3. The highest BCUT2D eigenvalue weighted by Gasteiger charge is 2.20. The van der Waals surface area contributed by atoms with Crippen LogP contribution in [0.3, 0.4) is 0 Å². The lowest BCUT2D eigenvalue weighted by Gasteiger charge is -2.16. The normalized spacial score (nSPS) is 11.7. The maximum atomic E-state index is 12.3. The van der Waals surface area contributed by atoms with Crippen LogP contribution in [0.15, 0.2) is 70.8 Å². The van der Waals surface area contributed by atoms with Crippen molar-refractivity contribution in [1.29, 1.82) is 0 Å². The molecule has 0 spiro atoms. The average molecular weight is 508 g/mol. The standard InChI is InChI=1S/C21H20BrClN4O2S/c1-3-11-27-20(14(2)29-18-10-5-4-9-17(18)23)25-26-21(27)30-13-19(28)24-16-8-6-7-15(22)12-16/h3-10,12,14H,1,11,13H2,2H3,(H,24,28). The van der Waals surface area contributed by atoms with E-state index < -0.39 is 0 Å². The molecule has 0 bridgehead atoms. The quantitative estimate of drug-likeness (QED) is 0.295. The van der Waals surface area contributed by atoms with Crippen LogP contribution < -0.4 is 10.1 Å². The van der Waals surface area contributed by atoms with Crippen LogP contribution in [-0.4, -0.2) is 26.4 Å². The molecule has 9 heteroatoms. The SMILES string of the molecule is C=CCn1c(SCC(=O)Nc2cccc(Br)c2)nnc1C(C)Oc1ccccc1Cl. The summed E-state index contributed by atoms with van der Waals surface area (Å²) in [5, 5.41) is 12.5. The van der Waals surface area contributed by atoms with Crippen LogP contribution in [0.4, 0.5) is 5.69 Å². The van der Waals surface area contributed by atoms with Crippen molar-refractivity contribution < 1.29 is 9.53 Å². The van der Waals surface area contributed by atoms with Crippen molar-refractivity contribution in [2.45, 2.75) is 24.7 Å². The highest BCUT2D eigenvalue weighted by molar-refractivity contribution is 9.10. The first-order chi connectivity index (χ1) is 14.5. The Balaban J connectivity index is 1.68. The van der Waals surface area contributed by atoms with Crippen molar-refractivity contribution in [1.82, 2.24) is 14.8 Å². The van der Waals surface area contributed by atoms with Crippen LogP contribution in [0.2, 0.25) is 5.02 Å². The van der Waals surface area contributed by atoms with Gasteiger partial charge >= 0.3 is 0 Å². The summed E-state index contributed by atoms with van der Waals surface area (Å²) in [5.74, 6) is 1.27. The van der Waals surface area contributed by atoms with Gasteiger partial charge in [-0.05, 0) is 37.3 Å². The Morgan fingerprint density at radius 1 is 1.33 bits per heavy atom. The molecule has 156 valence electrons. The summed E-state index contributed by atoms with van der Waals surface area (Å²) in [7, 11) is 0. The number of halogens is 2. The first-order valence-corrected chi connectivity index (χ1v) is 11.3. The van der Waals surface area contributed by atoms with E-state index in [1.165, 1.54) is 11.8 Å². The van der Waals surface area contributed by atoms with Gasteiger partial charge in [0.2, 0.25) is 5.91 Å². The van der Waals surface area contributed by atoms with Crippen LogP contribution >= 0.6 is 39.3 Å². The smallest absolute Gasteiger partial charge is 0.234 e. The molecular weight excluding hydrogens is 488 g/mol. The third-order valence-corrected chi connectivity index (χ3v) is 5.77. The number of hydrogen-bond donors (Lipinski definition) is 1. The molecular formula is C21H20BrClN4O2S. The Morgan fingerprint density at radius 2 is 2.13 bits per heavy atom. The number of aromatic nitrogens is 3. The second kappa shape index (κ2) is 10.7. The number of rotatable bonds is 9. The van der Waals surface area contributed by atoms with E-state index in [0.29, 0.717) is 28.3 Å². The predicted octanol–water partition coefficient (Wildman–Crippen LogP) is 5.75. The van der Waals surface area contributed by atoms with Gasteiger partial charge in [-0.25, -0.2) is 0 Å². The maximum Gasteiger partial charge on any atom is 0.234 e. The second-order valence-electron chi connectivity index (χ2n) is 6.28. The molecule has 3 aromatic rings. The molecule has 2 aromatic carbocycles. The Kier molecular flexibility index (Phi) is 7.95. The Bertz CT molecular complexity index is 1040. The van der Waals surface area contributed by atoms with E-state index in [-0.39, 0.29) is 17.8 Å². The van der Waals surface area contributed by atoms with Crippen molar-refractivity contribution in [2.75, 3.05) is 11.1 Å². The van der Waals surface area contributed by atoms with Crippen molar-refractivity contribution in [2.24, 2.45) is 0 Å². The van der Waals surface area contributed by atoms with Crippen molar-refractivity contribution >= 4 is 50.9 Å². The lowest BCUT2D eigenvalue weighted by molar-refractivity contribution is -0.113. The number of carbonyl (C=O) groups is 1. The highest BCUT2D eigenvalue weighted by Crippen LogP contribution is 2.29. The fraction of sp³-hybridized carbons (Fsp3) is 0.190. The average Bonchev–Trinajstić information content (AvgIpc) is 3.11. The second-order valence-corrected chi connectivity index (χ2v) is 8.54. The molecule has 1 N–H and O–H groups in total. The number of para-hydroxylation sites is 1. The van der Waals surface area contributed by atoms with E-state index in [0.717, 1.165) is 10.2 Å². The third-order valence-electron chi connectivity index (χ3n) is 4.00. The van der Waals surface area contributed by atoms with Crippen LogP contribution in [0.5, 0.6) is 5.75 Å². The van der Waals surface area contributed by atoms with E-state index in [1.54, 1.807) is 18.2 Å². The molecule has 1 amide bonds. The molecule has 0 aliphatic carbocycles. The molecule has 0 aliphatic rings. The topological polar surface area (TPSA) is 69.0 Å². The number of hydrogen-bond acceptors (Lipinski definition) is 5. The van der Waals surface area contributed by atoms with Gasteiger partial charge in [-0.2, -0.15) is 0 Å². The minimum atomic E-state index is -0.387. The summed E-state index contributed by atoms with van der Waals surface area (Å²) >= 11 is 10.9. The molecule has 0 radical (unpaired) electrons. The summed E-state index contributed by atoms with van der Waals surface area (Å²) in [4.78, 5) is 12.3. The Morgan fingerprint density at radius 3 is 2.87 bits per heavy atom. The zero-order valence-corrected chi connectivity index (χ0v) is 19.4. The molecule has 1 atom stereocenters. The molecule has 1 unspecified atom stereocenters. The van der Waals surface area contributed by atoms with Gasteiger partial charge in [0, 0.05) is 16.7 Å². The zero-order valence-electron chi connectivity index (χ0n) is 16.2. The Labute approximate surface area is 192 Å². The monoisotopic (exact) mass is 506 g/mol. The zero-order chi connectivity index (χ0) is 21.5. The van der Waals surface area contributed by atoms with Gasteiger partial charge in [0.1, 0.15) is 5.75 Å². The molecule has 1 heterocycles. The lowest BCUT2D eigenvalue weighted by Crippen LogP contribution is -2.15. The molecule has 0 saturated heterocycles. The number of allylic oxidation sites excluding steroid dienone is 1. The van der Waals surface area contributed by atoms with Gasteiger partial charge in [0.15, 0.2) is 17.1 Å². The summed E-state index contributed by atoms with van der Waals surface area (Å²) in [5.41, 5.74) is 0.727. The van der Waals surface area contributed by atoms with Crippen LogP contribution in [0.1, 0.15) is 18.9 Å². The minimum absolute atomic E-state index is 0.131. The molecule has 0 fully saturated rings. The number of ether oxygens (including phenoxy) is 1. The number of nitrogens with one attached hydrogen (secondary N) is 1. The number of anilines is 1. The third kappa shape index (κ3) is 5.87. The van der Waals surface area contributed by atoms with E-state index >= 15 is 0 Å². The van der Waals surface area contributed by atoms with E-state index in [9.17, 15) is 4.79 Å². The number of thioether (sulfide) groups is 1. The largest absolute Gasteiger partial charge is 0.481 e. The minimum Gasteiger partial charge on any atom is -0.481 e. The maximum absolute atomic E-state index is 12.3. The van der Waals surface area contributed by atoms with Crippen LogP contribution in [0, 0.1) is 0 Å². The molecule has 0 saturated carbocycles. The predicted molar refractivity (Wildman–Crippen MR) is 124 cm³/mol. The van der Waals surface area contributed by atoms with Gasteiger partial charge in [-0.1, -0.05) is 63.6 Å². The van der Waals surface area contributed by atoms with Crippen LogP contribution in [-0.2, 0) is 11.3 Å². The summed E-state index contributed by atoms with van der Waals surface area (Å²) in [6.07, 6.45) is 1.36. The summed E-state index contributed by atoms with van der Waals surface area (Å²) in [6.45, 7) is 6.17. The van der Waals surface area contributed by atoms with Gasteiger partial charge in [-0.3, -0.25) is 9.36 Å². The van der Waals surface area contributed by atoms with Crippen molar-refractivity contribution in [3.05, 3.63) is 76.5 Å². The molecule has 1 aromatic heterocycles. The van der Waals surface area contributed by atoms with Crippen LogP contribution in [0.25, 0.3) is 0 Å². The summed E-state index contributed by atoms with van der Waals surface area (Å²) in [6, 6.07) is 14.7. The molecule has 0 aliphatic heterocycles. The summed E-state index contributed by atoms with van der Waals surface area (Å²) < 4.78 is 8.74. The van der Waals surface area contributed by atoms with Gasteiger partial charge < -0.3 is 10.1 Å². The fourth-order valence-corrected chi connectivity index (χ4v) is 4.02. The Hall–Kier alpha value is -2.29. The van der Waals surface area contributed by atoms with Crippen molar-refractivity contribution in [3.8, 4) is 5.75 Å². The first-order valence-electron chi connectivity index (χ1n) is 9.11. The van der Waals surface area contributed by atoms with Gasteiger partial charge in [0.25, 0.3) is 0 Å². The van der Waals surface area contributed by atoms with Gasteiger partial charge in [-0.15, -0.1) is 16.8 Å². The van der Waals surface area contributed by atoms with E-state index in [2.05, 4.69) is 38.0 Å². The molecule has 3 rings (SSSR count). The van der Waals surface area contributed by atoms with Gasteiger partial charge in [0.05, 0.1) is 10.8 Å². The van der Waals surface area contributed by atoms with E-state index in [4.69, 9.17) is 16.3 Å². The number of amides is 1. The fourth-order valence-electron chi connectivity index (χ4n) is 2.69. The highest BCUT2D eigenvalue weighted by atomic mass is 79.9. The van der Waals surface area contributed by atoms with Crippen molar-refractivity contribution in [3.63, 3.8) is 0 Å². The number of carbonyl (C=O) groups excluding carboxylic acids is 1. The van der Waals surface area contributed by atoms with E-state index in [1.807, 2.05) is 47.9 Å². The number of nitrogens with zero attached hydrogens (tertiary/aromatic N) is 3. The molecule has 30 heavy (non-hydrogen) atoms. The molecule has 6 nitrogen and oxygen atoms in total. The first kappa shape index (κ1) is 22.4.